The van der Waals surface area contributed by atoms with Crippen LogP contribution in [0.4, 0.5) is 5.69 Å². The van der Waals surface area contributed by atoms with E-state index in [1.807, 2.05) is 25.1 Å². The number of carbonyl (C=O) groups excluding carboxylic acids is 1. The zero-order valence-electron chi connectivity index (χ0n) is 10.8. The molecule has 0 bridgehead atoms. The quantitative estimate of drug-likeness (QED) is 0.814. The minimum Gasteiger partial charge on any atom is -0.342 e. The molecule has 1 aromatic heterocycles. The number of hydrogen-bond donors (Lipinski definition) is 3. The minimum absolute atomic E-state index is 0. The number of rotatable bonds is 3. The molecule has 4 N–H and O–H groups in total. The van der Waals surface area contributed by atoms with Crippen molar-refractivity contribution in [1.29, 1.82) is 0 Å². The molecule has 0 saturated carbocycles. The van der Waals surface area contributed by atoms with Crippen LogP contribution in [-0.2, 0) is 4.79 Å². The second-order valence-electron chi connectivity index (χ2n) is 4.28. The van der Waals surface area contributed by atoms with Gasteiger partial charge in [-0.15, -0.1) is 24.8 Å². The largest absolute Gasteiger partial charge is 0.342 e. The van der Waals surface area contributed by atoms with Crippen LogP contribution in [-0.4, -0.2) is 21.9 Å². The summed E-state index contributed by atoms with van der Waals surface area (Å²) in [4.78, 5) is 19.0. The van der Waals surface area contributed by atoms with E-state index in [1.54, 1.807) is 6.92 Å². The van der Waals surface area contributed by atoms with E-state index < -0.39 is 0 Å². The molecule has 2 aromatic rings. The van der Waals surface area contributed by atoms with Gasteiger partial charge in [0.15, 0.2) is 0 Å². The van der Waals surface area contributed by atoms with Gasteiger partial charge in [0, 0.05) is 18.2 Å². The van der Waals surface area contributed by atoms with Gasteiger partial charge in [-0.05, 0) is 32.0 Å². The van der Waals surface area contributed by atoms with Gasteiger partial charge in [0.05, 0.1) is 11.0 Å². The second-order valence-corrected chi connectivity index (χ2v) is 4.28. The molecule has 1 unspecified atom stereocenters. The molecule has 5 nitrogen and oxygen atoms in total. The summed E-state index contributed by atoms with van der Waals surface area (Å²) in [6, 6.07) is 5.45. The summed E-state index contributed by atoms with van der Waals surface area (Å²) in [5.41, 5.74) is 8.13. The Hall–Kier alpha value is -1.30. The van der Waals surface area contributed by atoms with Crippen LogP contribution in [0.1, 0.15) is 19.2 Å². The summed E-state index contributed by atoms with van der Waals surface area (Å²) < 4.78 is 0. The van der Waals surface area contributed by atoms with Crippen LogP contribution in [0.2, 0.25) is 0 Å². The standard InChI is InChI=1S/C12H16N4O.2ClH/c1-7(13)5-12(17)16-9-3-4-10-11(6-9)15-8(2)14-10;;/h3-4,6-7H,5,13H2,1-2H3,(H,14,15)(H,16,17);2*1H. The van der Waals surface area contributed by atoms with Gasteiger partial charge < -0.3 is 16.0 Å². The molecule has 0 aliphatic carbocycles. The van der Waals surface area contributed by atoms with Gasteiger partial charge in [0.25, 0.3) is 0 Å². The van der Waals surface area contributed by atoms with E-state index in [0.717, 1.165) is 22.5 Å². The number of aromatic amines is 1. The van der Waals surface area contributed by atoms with Gasteiger partial charge in [0.2, 0.25) is 5.91 Å². The van der Waals surface area contributed by atoms with E-state index in [4.69, 9.17) is 5.73 Å². The maximum absolute atomic E-state index is 11.5. The summed E-state index contributed by atoms with van der Waals surface area (Å²) in [6.45, 7) is 3.70. The van der Waals surface area contributed by atoms with Crippen molar-refractivity contribution in [3.63, 3.8) is 0 Å². The number of fused-ring (bicyclic) bond motifs is 1. The van der Waals surface area contributed by atoms with Crippen molar-refractivity contribution < 1.29 is 4.79 Å². The lowest BCUT2D eigenvalue weighted by molar-refractivity contribution is -0.116. The lowest BCUT2D eigenvalue weighted by Crippen LogP contribution is -2.23. The molecule has 1 heterocycles. The van der Waals surface area contributed by atoms with Crippen molar-refractivity contribution in [3.8, 4) is 0 Å². The van der Waals surface area contributed by atoms with Crippen LogP contribution in [0.3, 0.4) is 0 Å². The number of aryl methyl sites for hydroxylation is 1. The van der Waals surface area contributed by atoms with Crippen molar-refractivity contribution in [2.24, 2.45) is 5.73 Å². The number of aromatic nitrogens is 2. The number of halogens is 2. The summed E-state index contributed by atoms with van der Waals surface area (Å²) in [5.74, 6) is 0.787. The first-order valence-corrected chi connectivity index (χ1v) is 5.56. The van der Waals surface area contributed by atoms with Gasteiger partial charge in [-0.3, -0.25) is 4.79 Å². The lowest BCUT2D eigenvalue weighted by atomic mass is 10.2. The van der Waals surface area contributed by atoms with Crippen molar-refractivity contribution in [1.82, 2.24) is 9.97 Å². The molecule has 106 valence electrons. The highest BCUT2D eigenvalue weighted by atomic mass is 35.5. The highest BCUT2D eigenvalue weighted by Crippen LogP contribution is 2.17. The lowest BCUT2D eigenvalue weighted by Gasteiger charge is -2.06. The molecule has 0 aliphatic heterocycles. The van der Waals surface area contributed by atoms with Gasteiger partial charge in [0.1, 0.15) is 5.82 Å². The molecule has 0 spiro atoms. The summed E-state index contributed by atoms with van der Waals surface area (Å²) in [6.07, 6.45) is 0.319. The number of nitrogens with one attached hydrogen (secondary N) is 2. The van der Waals surface area contributed by atoms with Crippen LogP contribution in [0.15, 0.2) is 18.2 Å². The molecule has 0 saturated heterocycles. The first kappa shape index (κ1) is 17.7. The minimum atomic E-state index is -0.131. The fourth-order valence-electron chi connectivity index (χ4n) is 1.72. The Balaban J connectivity index is 0.00000162. The number of nitrogens with two attached hydrogens (primary N) is 1. The van der Waals surface area contributed by atoms with Gasteiger partial charge >= 0.3 is 0 Å². The molecule has 0 fully saturated rings. The van der Waals surface area contributed by atoms with Crippen LogP contribution in [0, 0.1) is 6.92 Å². The Bertz CT molecular complexity index is 554. The average Bonchev–Trinajstić information content (AvgIpc) is 2.55. The van der Waals surface area contributed by atoms with E-state index in [0.29, 0.717) is 6.42 Å². The highest BCUT2D eigenvalue weighted by Gasteiger charge is 2.06. The molecule has 0 aliphatic rings. The molecule has 1 amide bonds. The number of amides is 1. The Kier molecular flexibility index (Phi) is 6.83. The number of imidazole rings is 1. The summed E-state index contributed by atoms with van der Waals surface area (Å²) in [7, 11) is 0. The van der Waals surface area contributed by atoms with Crippen molar-refractivity contribution in [2.75, 3.05) is 5.32 Å². The number of nitrogens with zero attached hydrogens (tertiary/aromatic N) is 1. The monoisotopic (exact) mass is 304 g/mol. The smallest absolute Gasteiger partial charge is 0.225 e. The number of carbonyl (C=O) groups is 1. The molecule has 1 atom stereocenters. The Morgan fingerprint density at radius 3 is 2.79 bits per heavy atom. The third-order valence-electron chi connectivity index (χ3n) is 2.39. The van der Waals surface area contributed by atoms with Gasteiger partial charge in [-0.25, -0.2) is 4.98 Å². The molecule has 1 aromatic carbocycles. The van der Waals surface area contributed by atoms with Crippen molar-refractivity contribution >= 4 is 47.4 Å². The first-order valence-electron chi connectivity index (χ1n) is 5.56. The summed E-state index contributed by atoms with van der Waals surface area (Å²) in [5, 5.41) is 2.81. The third-order valence-corrected chi connectivity index (χ3v) is 2.39. The SMILES string of the molecule is Cc1nc2ccc(NC(=O)CC(C)N)cc2[nH]1.Cl.Cl. The van der Waals surface area contributed by atoms with Crippen LogP contribution in [0.5, 0.6) is 0 Å². The van der Waals surface area contributed by atoms with Crippen LogP contribution < -0.4 is 11.1 Å². The zero-order chi connectivity index (χ0) is 12.4. The maximum atomic E-state index is 11.5. The molecule has 19 heavy (non-hydrogen) atoms. The normalized spacial score (nSPS) is 11.3. The topological polar surface area (TPSA) is 83.8 Å². The predicted octanol–water partition coefficient (Wildman–Crippen LogP) is 2.39. The van der Waals surface area contributed by atoms with E-state index >= 15 is 0 Å². The summed E-state index contributed by atoms with van der Waals surface area (Å²) >= 11 is 0. The fourth-order valence-corrected chi connectivity index (χ4v) is 1.72. The number of H-pyrrole nitrogens is 1. The van der Waals surface area contributed by atoms with E-state index in [-0.39, 0.29) is 36.8 Å². The van der Waals surface area contributed by atoms with Crippen molar-refractivity contribution in [2.45, 2.75) is 26.3 Å². The molecular formula is C12H18Cl2N4O. The Morgan fingerprint density at radius 1 is 1.47 bits per heavy atom. The first-order chi connectivity index (χ1) is 8.04. The molecule has 0 radical (unpaired) electrons. The van der Waals surface area contributed by atoms with Gasteiger partial charge in [-0.2, -0.15) is 0 Å². The van der Waals surface area contributed by atoms with E-state index in [1.165, 1.54) is 0 Å². The van der Waals surface area contributed by atoms with Crippen LogP contribution in [0.25, 0.3) is 11.0 Å². The second kappa shape index (κ2) is 7.33. The van der Waals surface area contributed by atoms with Gasteiger partial charge in [-0.1, -0.05) is 0 Å². The fraction of sp³-hybridized carbons (Fsp3) is 0.333. The zero-order valence-corrected chi connectivity index (χ0v) is 12.4. The Labute approximate surface area is 124 Å². The molecule has 7 heteroatoms. The Morgan fingerprint density at radius 2 is 2.16 bits per heavy atom. The number of anilines is 1. The molecule has 2 rings (SSSR count). The number of benzene rings is 1. The highest BCUT2D eigenvalue weighted by molar-refractivity contribution is 5.93. The maximum Gasteiger partial charge on any atom is 0.225 e. The van der Waals surface area contributed by atoms with E-state index in [2.05, 4.69) is 15.3 Å². The number of hydrogen-bond acceptors (Lipinski definition) is 3. The van der Waals surface area contributed by atoms with Crippen LogP contribution >= 0.6 is 24.8 Å². The third kappa shape index (κ3) is 4.70. The van der Waals surface area contributed by atoms with Crippen molar-refractivity contribution in [3.05, 3.63) is 24.0 Å². The predicted molar refractivity (Wildman–Crippen MR) is 82.2 cm³/mol. The molecular weight excluding hydrogens is 287 g/mol. The van der Waals surface area contributed by atoms with E-state index in [9.17, 15) is 4.79 Å². The average molecular weight is 305 g/mol.